The number of anilines is 1. The second-order valence-electron chi connectivity index (χ2n) is 6.23. The maximum absolute atomic E-state index is 12.6. The number of rotatable bonds is 5. The number of amides is 1. The van der Waals surface area contributed by atoms with Crippen molar-refractivity contribution in [2.75, 3.05) is 5.32 Å². The molecule has 0 aliphatic heterocycles. The number of thioether (sulfide) groups is 1. The maximum atomic E-state index is 12.6. The fourth-order valence-corrected chi connectivity index (χ4v) is 3.57. The quantitative estimate of drug-likeness (QED) is 0.666. The number of fused-ring (bicyclic) bond motifs is 1. The van der Waals surface area contributed by atoms with Crippen LogP contribution in [0.1, 0.15) is 32.3 Å². The van der Waals surface area contributed by atoms with Gasteiger partial charge in [0.15, 0.2) is 0 Å². The van der Waals surface area contributed by atoms with Crippen LogP contribution in [0.5, 0.6) is 0 Å². The van der Waals surface area contributed by atoms with E-state index in [1.165, 1.54) is 11.8 Å². The molecule has 25 heavy (non-hydrogen) atoms. The summed E-state index contributed by atoms with van der Waals surface area (Å²) in [7, 11) is 0. The van der Waals surface area contributed by atoms with Crippen molar-refractivity contribution in [1.82, 2.24) is 10.2 Å². The Bertz CT molecular complexity index is 890. The van der Waals surface area contributed by atoms with Crippen LogP contribution in [-0.2, 0) is 4.79 Å². The largest absolute Gasteiger partial charge is 0.325 e. The van der Waals surface area contributed by atoms with Crippen molar-refractivity contribution in [1.29, 1.82) is 0 Å². The fourth-order valence-electron chi connectivity index (χ4n) is 2.66. The number of carbonyl (C=O) groups is 1. The Morgan fingerprint density at radius 2 is 1.76 bits per heavy atom. The van der Waals surface area contributed by atoms with Gasteiger partial charge in [-0.25, -0.2) is 0 Å². The lowest BCUT2D eigenvalue weighted by molar-refractivity contribution is -0.115. The van der Waals surface area contributed by atoms with E-state index in [1.807, 2.05) is 55.5 Å². The Hall–Kier alpha value is -2.40. The highest BCUT2D eigenvalue weighted by Gasteiger charge is 2.18. The van der Waals surface area contributed by atoms with Gasteiger partial charge in [-0.15, -0.1) is 5.10 Å². The zero-order valence-electron chi connectivity index (χ0n) is 14.6. The lowest BCUT2D eigenvalue weighted by Crippen LogP contribution is -2.23. The summed E-state index contributed by atoms with van der Waals surface area (Å²) in [5, 5.41) is 13.9. The molecule has 1 N–H and O–H groups in total. The fraction of sp³-hybridized carbons (Fsp3) is 0.250. The first-order valence-electron chi connectivity index (χ1n) is 8.33. The summed E-state index contributed by atoms with van der Waals surface area (Å²) in [6.07, 6.45) is 1.74. The average molecular weight is 351 g/mol. The summed E-state index contributed by atoms with van der Waals surface area (Å²) in [4.78, 5) is 12.6. The molecular weight excluding hydrogens is 330 g/mol. The number of benzene rings is 2. The number of para-hydroxylation sites is 1. The summed E-state index contributed by atoms with van der Waals surface area (Å²) < 4.78 is 0. The number of aromatic nitrogens is 2. The van der Waals surface area contributed by atoms with Crippen LogP contribution in [-0.4, -0.2) is 21.4 Å². The topological polar surface area (TPSA) is 54.9 Å². The zero-order chi connectivity index (χ0) is 17.8. The van der Waals surface area contributed by atoms with E-state index in [1.54, 1.807) is 6.20 Å². The third-order valence-electron chi connectivity index (χ3n) is 4.03. The molecule has 1 aromatic heterocycles. The van der Waals surface area contributed by atoms with Crippen LogP contribution >= 0.6 is 11.8 Å². The van der Waals surface area contributed by atoms with E-state index in [4.69, 9.17) is 0 Å². The molecular formula is C20H21N3OS. The van der Waals surface area contributed by atoms with Crippen LogP contribution in [0.25, 0.3) is 10.8 Å². The minimum absolute atomic E-state index is 0.0344. The van der Waals surface area contributed by atoms with Gasteiger partial charge in [-0.05, 0) is 24.5 Å². The van der Waals surface area contributed by atoms with E-state index in [2.05, 4.69) is 29.4 Å². The first kappa shape index (κ1) is 17.4. The minimum Gasteiger partial charge on any atom is -0.325 e. The van der Waals surface area contributed by atoms with Gasteiger partial charge in [-0.3, -0.25) is 4.79 Å². The Labute approximate surface area is 152 Å². The SMILES string of the molecule is CC(C)c1ccccc1NC(=O)[C@@H](C)Sc1nncc2ccccc12. The van der Waals surface area contributed by atoms with E-state index in [0.717, 1.165) is 27.0 Å². The summed E-state index contributed by atoms with van der Waals surface area (Å²) in [6.45, 7) is 6.13. The van der Waals surface area contributed by atoms with Crippen molar-refractivity contribution < 1.29 is 4.79 Å². The Balaban J connectivity index is 1.77. The highest BCUT2D eigenvalue weighted by atomic mass is 32.2. The van der Waals surface area contributed by atoms with E-state index in [-0.39, 0.29) is 11.2 Å². The van der Waals surface area contributed by atoms with Gasteiger partial charge in [0.25, 0.3) is 0 Å². The molecule has 0 radical (unpaired) electrons. The molecule has 1 amide bonds. The van der Waals surface area contributed by atoms with Crippen molar-refractivity contribution in [3.63, 3.8) is 0 Å². The number of nitrogens with zero attached hydrogens (tertiary/aromatic N) is 2. The molecule has 0 spiro atoms. The Kier molecular flexibility index (Phi) is 5.34. The Morgan fingerprint density at radius 3 is 2.56 bits per heavy atom. The average Bonchev–Trinajstić information content (AvgIpc) is 2.62. The van der Waals surface area contributed by atoms with Gasteiger partial charge in [-0.1, -0.05) is 68.1 Å². The molecule has 0 aliphatic rings. The van der Waals surface area contributed by atoms with Crippen molar-refractivity contribution >= 4 is 34.1 Å². The van der Waals surface area contributed by atoms with E-state index < -0.39 is 0 Å². The van der Waals surface area contributed by atoms with Gasteiger partial charge in [0.05, 0.1) is 11.4 Å². The van der Waals surface area contributed by atoms with Crippen LogP contribution in [0.4, 0.5) is 5.69 Å². The monoisotopic (exact) mass is 351 g/mol. The molecule has 2 aromatic carbocycles. The lowest BCUT2D eigenvalue weighted by atomic mass is 10.0. The third-order valence-corrected chi connectivity index (χ3v) is 5.13. The number of hydrogen-bond donors (Lipinski definition) is 1. The van der Waals surface area contributed by atoms with Crippen molar-refractivity contribution in [2.45, 2.75) is 37.0 Å². The second kappa shape index (κ2) is 7.66. The van der Waals surface area contributed by atoms with Gasteiger partial charge in [0.2, 0.25) is 5.91 Å². The van der Waals surface area contributed by atoms with E-state index in [0.29, 0.717) is 5.92 Å². The number of carbonyl (C=O) groups excluding carboxylic acids is 1. The Morgan fingerprint density at radius 1 is 1.04 bits per heavy atom. The molecule has 3 rings (SSSR count). The van der Waals surface area contributed by atoms with Gasteiger partial charge in [0.1, 0.15) is 5.03 Å². The summed E-state index contributed by atoms with van der Waals surface area (Å²) in [5.74, 6) is 0.316. The smallest absolute Gasteiger partial charge is 0.237 e. The van der Waals surface area contributed by atoms with Gasteiger partial charge in [0, 0.05) is 16.5 Å². The van der Waals surface area contributed by atoms with Crippen LogP contribution in [0.3, 0.4) is 0 Å². The highest BCUT2D eigenvalue weighted by Crippen LogP contribution is 2.29. The standard InChI is InChI=1S/C20H21N3OS/c1-13(2)16-9-6-7-11-18(16)22-19(24)14(3)25-20-17-10-5-4-8-15(17)12-21-23-20/h4-14H,1-3H3,(H,22,24)/t14-/m1/s1. The first-order valence-corrected chi connectivity index (χ1v) is 9.21. The maximum Gasteiger partial charge on any atom is 0.237 e. The zero-order valence-corrected chi connectivity index (χ0v) is 15.4. The lowest BCUT2D eigenvalue weighted by Gasteiger charge is -2.16. The molecule has 0 saturated heterocycles. The summed E-state index contributed by atoms with van der Waals surface area (Å²) in [6, 6.07) is 15.9. The molecule has 0 saturated carbocycles. The summed E-state index contributed by atoms with van der Waals surface area (Å²) in [5.41, 5.74) is 2.01. The van der Waals surface area contributed by atoms with Crippen LogP contribution in [0.15, 0.2) is 59.8 Å². The second-order valence-corrected chi connectivity index (χ2v) is 7.56. The summed E-state index contributed by atoms with van der Waals surface area (Å²) >= 11 is 1.43. The highest BCUT2D eigenvalue weighted by molar-refractivity contribution is 8.00. The molecule has 128 valence electrons. The molecule has 3 aromatic rings. The van der Waals surface area contributed by atoms with Crippen molar-refractivity contribution in [3.8, 4) is 0 Å². The van der Waals surface area contributed by atoms with Crippen LogP contribution in [0, 0.1) is 0 Å². The van der Waals surface area contributed by atoms with Crippen molar-refractivity contribution in [3.05, 3.63) is 60.3 Å². The molecule has 0 bridgehead atoms. The van der Waals surface area contributed by atoms with Gasteiger partial charge >= 0.3 is 0 Å². The number of nitrogens with one attached hydrogen (secondary N) is 1. The van der Waals surface area contributed by atoms with E-state index >= 15 is 0 Å². The minimum atomic E-state index is -0.277. The molecule has 5 heteroatoms. The van der Waals surface area contributed by atoms with Crippen LogP contribution < -0.4 is 5.32 Å². The normalized spacial score (nSPS) is 12.3. The molecule has 0 unspecified atom stereocenters. The molecule has 1 heterocycles. The number of hydrogen-bond acceptors (Lipinski definition) is 4. The predicted octanol–water partition coefficient (Wildman–Crippen LogP) is 4.87. The van der Waals surface area contributed by atoms with Gasteiger partial charge < -0.3 is 5.32 Å². The molecule has 1 atom stereocenters. The third kappa shape index (κ3) is 3.99. The molecule has 0 aliphatic carbocycles. The predicted molar refractivity (Wildman–Crippen MR) is 104 cm³/mol. The van der Waals surface area contributed by atoms with E-state index in [9.17, 15) is 4.79 Å². The molecule has 0 fully saturated rings. The molecule has 4 nitrogen and oxygen atoms in total. The van der Waals surface area contributed by atoms with Crippen molar-refractivity contribution in [2.24, 2.45) is 0 Å². The first-order chi connectivity index (χ1) is 12.1. The van der Waals surface area contributed by atoms with Gasteiger partial charge in [-0.2, -0.15) is 5.10 Å². The van der Waals surface area contributed by atoms with Crippen LogP contribution in [0.2, 0.25) is 0 Å².